The number of hydrogen-bond acceptors (Lipinski definition) is 2. The molecule has 0 bridgehead atoms. The standard InChI is InChI=1S/C19H20ClNO/c1-14(2)16-6-10-18(11-7-16)22-19(3,13-21)12-15-4-8-17(20)9-5-15/h4-11,14H,12H2,1-3H3/t19-/m0/s1. The van der Waals surface area contributed by atoms with Crippen molar-refractivity contribution in [1.29, 1.82) is 5.26 Å². The minimum absolute atomic E-state index is 0.477. The molecule has 0 saturated heterocycles. The lowest BCUT2D eigenvalue weighted by Crippen LogP contribution is -2.33. The zero-order valence-electron chi connectivity index (χ0n) is 13.1. The Hall–Kier alpha value is -1.98. The fourth-order valence-electron chi connectivity index (χ4n) is 2.27. The van der Waals surface area contributed by atoms with Crippen LogP contribution in [0.25, 0.3) is 0 Å². The lowest BCUT2D eigenvalue weighted by molar-refractivity contribution is 0.149. The number of nitriles is 1. The van der Waals surface area contributed by atoms with Crippen LogP contribution in [0, 0.1) is 11.3 Å². The van der Waals surface area contributed by atoms with Crippen LogP contribution in [0.2, 0.25) is 5.02 Å². The fraction of sp³-hybridized carbons (Fsp3) is 0.316. The van der Waals surface area contributed by atoms with Crippen molar-refractivity contribution in [2.75, 3.05) is 0 Å². The lowest BCUT2D eigenvalue weighted by Gasteiger charge is -2.24. The molecule has 114 valence electrons. The first-order valence-corrected chi connectivity index (χ1v) is 7.74. The molecule has 2 aromatic rings. The van der Waals surface area contributed by atoms with E-state index < -0.39 is 5.60 Å². The van der Waals surface area contributed by atoms with Crippen LogP contribution in [-0.4, -0.2) is 5.60 Å². The number of halogens is 1. The molecule has 0 unspecified atom stereocenters. The molecule has 2 nitrogen and oxygen atoms in total. The van der Waals surface area contributed by atoms with Gasteiger partial charge in [-0.2, -0.15) is 5.26 Å². The molecule has 0 aromatic heterocycles. The number of hydrogen-bond donors (Lipinski definition) is 0. The molecule has 0 radical (unpaired) electrons. The number of ether oxygens (including phenoxy) is 1. The molecule has 0 aliphatic heterocycles. The first-order valence-electron chi connectivity index (χ1n) is 7.36. The van der Waals surface area contributed by atoms with Gasteiger partial charge in [0.15, 0.2) is 5.60 Å². The van der Waals surface area contributed by atoms with E-state index in [1.165, 1.54) is 5.56 Å². The van der Waals surface area contributed by atoms with Crippen LogP contribution in [-0.2, 0) is 6.42 Å². The van der Waals surface area contributed by atoms with Crippen molar-refractivity contribution in [3.05, 3.63) is 64.7 Å². The zero-order chi connectivity index (χ0) is 16.2. The third-order valence-electron chi connectivity index (χ3n) is 3.58. The Kier molecular flexibility index (Phi) is 5.11. The molecule has 0 amide bonds. The molecule has 0 aliphatic carbocycles. The van der Waals surface area contributed by atoms with Gasteiger partial charge in [0, 0.05) is 11.4 Å². The molecule has 0 spiro atoms. The molecule has 22 heavy (non-hydrogen) atoms. The maximum absolute atomic E-state index is 9.50. The van der Waals surface area contributed by atoms with Crippen molar-refractivity contribution in [1.82, 2.24) is 0 Å². The molecular formula is C19H20ClNO. The van der Waals surface area contributed by atoms with Gasteiger partial charge in [-0.25, -0.2) is 0 Å². The summed E-state index contributed by atoms with van der Waals surface area (Å²) in [6.07, 6.45) is 0.507. The summed E-state index contributed by atoms with van der Waals surface area (Å²) < 4.78 is 5.93. The quantitative estimate of drug-likeness (QED) is 0.743. The monoisotopic (exact) mass is 313 g/mol. The van der Waals surface area contributed by atoms with Crippen LogP contribution in [0.4, 0.5) is 0 Å². The molecule has 0 N–H and O–H groups in total. The second-order valence-electron chi connectivity index (χ2n) is 5.97. The van der Waals surface area contributed by atoms with E-state index in [2.05, 4.69) is 19.9 Å². The normalized spacial score (nSPS) is 13.5. The van der Waals surface area contributed by atoms with Crippen LogP contribution < -0.4 is 4.74 Å². The second kappa shape index (κ2) is 6.85. The van der Waals surface area contributed by atoms with Gasteiger partial charge in [-0.1, -0.05) is 49.7 Å². The number of rotatable bonds is 5. The van der Waals surface area contributed by atoms with Crippen LogP contribution in [0.15, 0.2) is 48.5 Å². The van der Waals surface area contributed by atoms with Gasteiger partial charge in [0.25, 0.3) is 0 Å². The van der Waals surface area contributed by atoms with Crippen LogP contribution in [0.5, 0.6) is 5.75 Å². The van der Waals surface area contributed by atoms with Crippen molar-refractivity contribution in [2.45, 2.75) is 38.7 Å². The number of benzene rings is 2. The lowest BCUT2D eigenvalue weighted by atomic mass is 9.97. The Balaban J connectivity index is 2.13. The van der Waals surface area contributed by atoms with Crippen molar-refractivity contribution in [2.24, 2.45) is 0 Å². The number of nitrogens with zero attached hydrogens (tertiary/aromatic N) is 1. The zero-order valence-corrected chi connectivity index (χ0v) is 13.9. The fourth-order valence-corrected chi connectivity index (χ4v) is 2.40. The van der Waals surface area contributed by atoms with E-state index in [4.69, 9.17) is 16.3 Å². The average Bonchev–Trinajstić information content (AvgIpc) is 2.50. The van der Waals surface area contributed by atoms with Crippen LogP contribution in [0.3, 0.4) is 0 Å². The van der Waals surface area contributed by atoms with Gasteiger partial charge in [0.05, 0.1) is 0 Å². The predicted octanol–water partition coefficient (Wildman–Crippen LogP) is 5.37. The maximum Gasteiger partial charge on any atom is 0.195 e. The summed E-state index contributed by atoms with van der Waals surface area (Å²) in [4.78, 5) is 0. The van der Waals surface area contributed by atoms with E-state index >= 15 is 0 Å². The predicted molar refractivity (Wildman–Crippen MR) is 90.3 cm³/mol. The first kappa shape index (κ1) is 16.4. The Morgan fingerprint density at radius 2 is 1.68 bits per heavy atom. The minimum Gasteiger partial charge on any atom is -0.472 e. The topological polar surface area (TPSA) is 33.0 Å². The third-order valence-corrected chi connectivity index (χ3v) is 3.83. The summed E-state index contributed by atoms with van der Waals surface area (Å²) in [5, 5.41) is 10.2. The smallest absolute Gasteiger partial charge is 0.195 e. The molecule has 0 aliphatic rings. The summed E-state index contributed by atoms with van der Waals surface area (Å²) in [5.74, 6) is 1.19. The Morgan fingerprint density at radius 3 is 2.18 bits per heavy atom. The largest absolute Gasteiger partial charge is 0.472 e. The highest BCUT2D eigenvalue weighted by Gasteiger charge is 2.26. The van der Waals surface area contributed by atoms with Crippen molar-refractivity contribution in [3.63, 3.8) is 0 Å². The summed E-state index contributed by atoms with van der Waals surface area (Å²) in [5.41, 5.74) is 1.36. The van der Waals surface area contributed by atoms with E-state index in [-0.39, 0.29) is 0 Å². The SMILES string of the molecule is CC(C)c1ccc(O[C@](C)(C#N)Cc2ccc(Cl)cc2)cc1. The highest BCUT2D eigenvalue weighted by atomic mass is 35.5. The Bertz CT molecular complexity index is 655. The van der Waals surface area contributed by atoms with Gasteiger partial charge >= 0.3 is 0 Å². The molecule has 3 heteroatoms. The summed E-state index contributed by atoms with van der Waals surface area (Å²) in [6, 6.07) is 17.7. The van der Waals surface area contributed by atoms with Gasteiger partial charge < -0.3 is 4.74 Å². The molecule has 2 aromatic carbocycles. The van der Waals surface area contributed by atoms with Crippen molar-refractivity contribution < 1.29 is 4.74 Å². The van der Waals surface area contributed by atoms with Gasteiger partial charge in [-0.05, 0) is 48.2 Å². The maximum atomic E-state index is 9.50. The molecule has 0 fully saturated rings. The van der Waals surface area contributed by atoms with Gasteiger partial charge in [0.2, 0.25) is 0 Å². The highest BCUT2D eigenvalue weighted by molar-refractivity contribution is 6.30. The summed E-state index contributed by atoms with van der Waals surface area (Å²) in [7, 11) is 0. The first-order chi connectivity index (χ1) is 10.4. The minimum atomic E-state index is -0.910. The van der Waals surface area contributed by atoms with E-state index in [9.17, 15) is 5.26 Å². The summed E-state index contributed by atoms with van der Waals surface area (Å²) in [6.45, 7) is 6.10. The molecule has 0 heterocycles. The molecule has 1 atom stereocenters. The van der Waals surface area contributed by atoms with E-state index in [0.717, 1.165) is 5.56 Å². The van der Waals surface area contributed by atoms with E-state index in [1.807, 2.05) is 48.5 Å². The van der Waals surface area contributed by atoms with E-state index in [1.54, 1.807) is 6.92 Å². The van der Waals surface area contributed by atoms with E-state index in [0.29, 0.717) is 23.1 Å². The highest BCUT2D eigenvalue weighted by Crippen LogP contribution is 2.25. The third kappa shape index (κ3) is 4.26. The van der Waals surface area contributed by atoms with Gasteiger partial charge in [-0.15, -0.1) is 0 Å². The Labute approximate surface area is 137 Å². The van der Waals surface area contributed by atoms with Gasteiger partial charge in [0.1, 0.15) is 11.8 Å². The molecule has 0 saturated carbocycles. The molecule has 2 rings (SSSR count). The van der Waals surface area contributed by atoms with Crippen LogP contribution in [0.1, 0.15) is 37.8 Å². The van der Waals surface area contributed by atoms with Gasteiger partial charge in [-0.3, -0.25) is 0 Å². The van der Waals surface area contributed by atoms with Crippen molar-refractivity contribution in [3.8, 4) is 11.8 Å². The van der Waals surface area contributed by atoms with Crippen molar-refractivity contribution >= 4 is 11.6 Å². The Morgan fingerprint density at radius 1 is 1.09 bits per heavy atom. The molecular weight excluding hydrogens is 294 g/mol. The summed E-state index contributed by atoms with van der Waals surface area (Å²) >= 11 is 5.89. The average molecular weight is 314 g/mol. The van der Waals surface area contributed by atoms with Crippen LogP contribution >= 0.6 is 11.6 Å². The second-order valence-corrected chi connectivity index (χ2v) is 6.41.